The minimum absolute atomic E-state index is 0.0223. The van der Waals surface area contributed by atoms with Crippen molar-refractivity contribution in [3.8, 4) is 0 Å². The van der Waals surface area contributed by atoms with Gasteiger partial charge in [0.1, 0.15) is 0 Å². The third-order valence-electron chi connectivity index (χ3n) is 4.49. The van der Waals surface area contributed by atoms with Crippen LogP contribution in [0.25, 0.3) is 6.08 Å². The minimum Gasteiger partial charge on any atom is -0.287 e. The van der Waals surface area contributed by atoms with Crippen LogP contribution in [0.1, 0.15) is 48.2 Å². The van der Waals surface area contributed by atoms with E-state index in [1.807, 2.05) is 0 Å². The maximum Gasteiger partial charge on any atom is 0.269 e. The number of non-ortho nitro benzene ring substituents is 1. The highest BCUT2D eigenvalue weighted by molar-refractivity contribution is 6.05. The molecule has 0 saturated heterocycles. The van der Waals surface area contributed by atoms with E-state index in [4.69, 9.17) is 0 Å². The molecule has 1 aliphatic rings. The fourth-order valence-corrected chi connectivity index (χ4v) is 3.10. The normalized spacial score (nSPS) is 15.5. The van der Waals surface area contributed by atoms with Crippen molar-refractivity contribution in [2.45, 2.75) is 38.6 Å². The summed E-state index contributed by atoms with van der Waals surface area (Å²) in [5, 5.41) is 18.6. The van der Waals surface area contributed by atoms with Gasteiger partial charge in [0, 0.05) is 18.7 Å². The lowest BCUT2D eigenvalue weighted by Gasteiger charge is -2.20. The largest absolute Gasteiger partial charge is 0.287 e. The summed E-state index contributed by atoms with van der Waals surface area (Å²) in [5.74, 6) is 0.391. The van der Waals surface area contributed by atoms with E-state index in [1.54, 1.807) is 29.1 Å². The second-order valence-corrected chi connectivity index (χ2v) is 6.38. The van der Waals surface area contributed by atoms with E-state index < -0.39 is 4.92 Å². The first kappa shape index (κ1) is 17.0. The lowest BCUT2D eigenvalue weighted by Crippen LogP contribution is -2.14. The average molecular weight is 340 g/mol. The maximum absolute atomic E-state index is 12.2. The molecule has 1 heterocycles. The van der Waals surface area contributed by atoms with Gasteiger partial charge in [-0.05, 0) is 42.5 Å². The van der Waals surface area contributed by atoms with Crippen LogP contribution in [0.3, 0.4) is 0 Å². The smallest absolute Gasteiger partial charge is 0.269 e. The zero-order valence-corrected chi connectivity index (χ0v) is 13.9. The van der Waals surface area contributed by atoms with Crippen LogP contribution in [-0.2, 0) is 6.54 Å². The molecule has 130 valence electrons. The molecule has 0 amide bonds. The van der Waals surface area contributed by atoms with Gasteiger partial charge in [-0.25, -0.2) is 0 Å². The first-order chi connectivity index (χ1) is 12.1. The van der Waals surface area contributed by atoms with Crippen molar-refractivity contribution in [2.75, 3.05) is 0 Å². The number of carbonyl (C=O) groups excluding carboxylic acids is 1. The third-order valence-corrected chi connectivity index (χ3v) is 4.49. The molecule has 7 nitrogen and oxygen atoms in total. The Morgan fingerprint density at radius 3 is 2.64 bits per heavy atom. The zero-order chi connectivity index (χ0) is 17.6. The van der Waals surface area contributed by atoms with Gasteiger partial charge in [-0.3, -0.25) is 19.6 Å². The fourth-order valence-electron chi connectivity index (χ4n) is 3.10. The molecule has 0 unspecified atom stereocenters. The molecule has 1 aliphatic carbocycles. The number of ketones is 1. The zero-order valence-electron chi connectivity index (χ0n) is 13.9. The summed E-state index contributed by atoms with van der Waals surface area (Å²) in [6, 6.07) is 6.01. The van der Waals surface area contributed by atoms with Gasteiger partial charge in [0.05, 0.1) is 11.1 Å². The van der Waals surface area contributed by atoms with E-state index in [0.717, 1.165) is 6.54 Å². The highest BCUT2D eigenvalue weighted by Gasteiger charge is 2.15. The van der Waals surface area contributed by atoms with Gasteiger partial charge in [-0.15, -0.1) is 5.10 Å². The molecule has 1 aromatic carbocycles. The van der Waals surface area contributed by atoms with Gasteiger partial charge in [0.15, 0.2) is 5.69 Å². The molecule has 1 fully saturated rings. The van der Waals surface area contributed by atoms with E-state index in [2.05, 4.69) is 10.3 Å². The van der Waals surface area contributed by atoms with Gasteiger partial charge in [-0.1, -0.05) is 30.6 Å². The van der Waals surface area contributed by atoms with Crippen molar-refractivity contribution in [1.82, 2.24) is 15.0 Å². The molecule has 1 saturated carbocycles. The molecule has 25 heavy (non-hydrogen) atoms. The van der Waals surface area contributed by atoms with Crippen molar-refractivity contribution in [1.29, 1.82) is 0 Å². The standard InChI is InChI=1S/C18H20N4O3/c23-18(11-8-14-6-9-16(10-7-14)22(24)25)17-13-21(20-19-17)12-15-4-2-1-3-5-15/h6-11,13,15H,1-5,12H2/b11-8+. The number of nitrogens with zero attached hydrogens (tertiary/aromatic N) is 4. The van der Waals surface area contributed by atoms with Crippen LogP contribution < -0.4 is 0 Å². The van der Waals surface area contributed by atoms with Crippen molar-refractivity contribution < 1.29 is 9.72 Å². The van der Waals surface area contributed by atoms with E-state index in [0.29, 0.717) is 17.2 Å². The summed E-state index contributed by atoms with van der Waals surface area (Å²) in [5.41, 5.74) is 1.05. The Hall–Kier alpha value is -2.83. The summed E-state index contributed by atoms with van der Waals surface area (Å²) in [7, 11) is 0. The summed E-state index contributed by atoms with van der Waals surface area (Å²) in [4.78, 5) is 22.4. The molecule has 0 N–H and O–H groups in total. The number of allylic oxidation sites excluding steroid dienone is 1. The van der Waals surface area contributed by atoms with E-state index in [9.17, 15) is 14.9 Å². The Balaban J connectivity index is 1.60. The van der Waals surface area contributed by atoms with Gasteiger partial charge >= 0.3 is 0 Å². The SMILES string of the molecule is O=C(/C=C/c1ccc([N+](=O)[O-])cc1)c1cn(CC2CCCCC2)nn1. The van der Waals surface area contributed by atoms with Crippen molar-refractivity contribution in [2.24, 2.45) is 5.92 Å². The number of nitro groups is 1. The van der Waals surface area contributed by atoms with Crippen LogP contribution in [-0.4, -0.2) is 25.7 Å². The molecular formula is C18H20N4O3. The molecule has 2 aromatic rings. The summed E-state index contributed by atoms with van der Waals surface area (Å²) in [6.07, 6.45) is 11.0. The number of benzene rings is 1. The number of hydrogen-bond acceptors (Lipinski definition) is 5. The molecule has 7 heteroatoms. The van der Waals surface area contributed by atoms with Crippen LogP contribution in [0.4, 0.5) is 5.69 Å². The van der Waals surface area contributed by atoms with Crippen molar-refractivity contribution in [3.05, 3.63) is 57.9 Å². The third kappa shape index (κ3) is 4.59. The molecule has 1 aromatic heterocycles. The Labute approximate surface area is 145 Å². The predicted molar refractivity (Wildman–Crippen MR) is 93.1 cm³/mol. The highest BCUT2D eigenvalue weighted by Crippen LogP contribution is 2.24. The van der Waals surface area contributed by atoms with Crippen LogP contribution in [0.5, 0.6) is 0 Å². The van der Waals surface area contributed by atoms with Crippen LogP contribution in [0, 0.1) is 16.0 Å². The highest BCUT2D eigenvalue weighted by atomic mass is 16.6. The average Bonchev–Trinajstić information content (AvgIpc) is 3.09. The molecule has 0 radical (unpaired) electrons. The Morgan fingerprint density at radius 2 is 1.96 bits per heavy atom. The maximum atomic E-state index is 12.2. The summed E-state index contributed by atoms with van der Waals surface area (Å²) in [6.45, 7) is 0.812. The van der Waals surface area contributed by atoms with E-state index >= 15 is 0 Å². The predicted octanol–water partition coefficient (Wildman–Crippen LogP) is 3.66. The van der Waals surface area contributed by atoms with Crippen LogP contribution in [0.15, 0.2) is 36.5 Å². The summed E-state index contributed by atoms with van der Waals surface area (Å²) >= 11 is 0. The van der Waals surface area contributed by atoms with Gasteiger partial charge in [0.2, 0.25) is 5.78 Å². The topological polar surface area (TPSA) is 90.9 Å². The molecule has 0 aliphatic heterocycles. The van der Waals surface area contributed by atoms with Gasteiger partial charge in [-0.2, -0.15) is 0 Å². The first-order valence-corrected chi connectivity index (χ1v) is 8.49. The van der Waals surface area contributed by atoms with Crippen molar-refractivity contribution >= 4 is 17.5 Å². The molecule has 0 spiro atoms. The number of carbonyl (C=O) groups is 1. The Bertz CT molecular complexity index is 774. The van der Waals surface area contributed by atoms with Crippen LogP contribution >= 0.6 is 0 Å². The van der Waals surface area contributed by atoms with E-state index in [-0.39, 0.29) is 11.5 Å². The van der Waals surface area contributed by atoms with Crippen LogP contribution in [0.2, 0.25) is 0 Å². The first-order valence-electron chi connectivity index (χ1n) is 8.49. The molecule has 0 atom stereocenters. The second kappa shape index (κ2) is 7.83. The van der Waals surface area contributed by atoms with Gasteiger partial charge < -0.3 is 0 Å². The lowest BCUT2D eigenvalue weighted by molar-refractivity contribution is -0.384. The minimum atomic E-state index is -0.455. The summed E-state index contributed by atoms with van der Waals surface area (Å²) < 4.78 is 1.75. The molecular weight excluding hydrogens is 320 g/mol. The molecule has 3 rings (SSSR count). The quantitative estimate of drug-likeness (QED) is 0.346. The number of aromatic nitrogens is 3. The van der Waals surface area contributed by atoms with Gasteiger partial charge in [0.25, 0.3) is 5.69 Å². The fraction of sp³-hybridized carbons (Fsp3) is 0.389. The number of hydrogen-bond donors (Lipinski definition) is 0. The van der Waals surface area contributed by atoms with E-state index in [1.165, 1.54) is 50.3 Å². The molecule has 0 bridgehead atoms. The Morgan fingerprint density at radius 1 is 1.24 bits per heavy atom. The Kier molecular flexibility index (Phi) is 5.33. The van der Waals surface area contributed by atoms with Crippen molar-refractivity contribution in [3.63, 3.8) is 0 Å². The lowest BCUT2D eigenvalue weighted by atomic mass is 9.89. The number of rotatable bonds is 6. The number of nitro benzene ring substituents is 1. The monoisotopic (exact) mass is 340 g/mol. The second-order valence-electron chi connectivity index (χ2n) is 6.38.